The van der Waals surface area contributed by atoms with Gasteiger partial charge in [-0.05, 0) is 62.8 Å². The lowest BCUT2D eigenvalue weighted by Crippen LogP contribution is -2.32. The van der Waals surface area contributed by atoms with Gasteiger partial charge in [0, 0.05) is 6.04 Å². The molecule has 0 spiro atoms. The smallest absolute Gasteiger partial charge is 0.115 e. The second kappa shape index (κ2) is 6.21. The van der Waals surface area contributed by atoms with Gasteiger partial charge in [0.2, 0.25) is 0 Å². The molecule has 1 saturated carbocycles. The Hall–Kier alpha value is -1.06. The molecule has 0 amide bonds. The predicted molar refractivity (Wildman–Crippen MR) is 72.6 cm³/mol. The number of aromatic hydroxyl groups is 1. The first kappa shape index (κ1) is 13.4. The van der Waals surface area contributed by atoms with Gasteiger partial charge in [0.25, 0.3) is 0 Å². The van der Waals surface area contributed by atoms with Gasteiger partial charge in [-0.25, -0.2) is 0 Å². The highest BCUT2D eigenvalue weighted by Crippen LogP contribution is 2.24. The minimum atomic E-state index is -0.0794. The zero-order valence-electron chi connectivity index (χ0n) is 11.0. The molecule has 3 N–H and O–H groups in total. The van der Waals surface area contributed by atoms with E-state index in [0.717, 1.165) is 32.2 Å². The molecule has 1 aromatic carbocycles. The van der Waals surface area contributed by atoms with Crippen molar-refractivity contribution in [2.24, 2.45) is 5.92 Å². The van der Waals surface area contributed by atoms with Crippen LogP contribution in [0.25, 0.3) is 0 Å². The van der Waals surface area contributed by atoms with Crippen LogP contribution in [0.1, 0.15) is 31.7 Å². The Morgan fingerprint density at radius 1 is 1.28 bits per heavy atom. The molecule has 3 unspecified atom stereocenters. The van der Waals surface area contributed by atoms with E-state index in [-0.39, 0.29) is 6.10 Å². The SMILES string of the molecule is CC(Cc1ccc(O)cc1)NCC1CCC(O)C1. The first-order valence-corrected chi connectivity index (χ1v) is 6.83. The van der Waals surface area contributed by atoms with Crippen molar-refractivity contribution < 1.29 is 10.2 Å². The van der Waals surface area contributed by atoms with Gasteiger partial charge in [-0.2, -0.15) is 0 Å². The molecule has 0 aromatic heterocycles. The summed E-state index contributed by atoms with van der Waals surface area (Å²) in [5.41, 5.74) is 1.24. The number of hydrogen-bond acceptors (Lipinski definition) is 3. The summed E-state index contributed by atoms with van der Waals surface area (Å²) in [6, 6.07) is 7.82. The summed E-state index contributed by atoms with van der Waals surface area (Å²) < 4.78 is 0. The lowest BCUT2D eigenvalue weighted by atomic mass is 10.0. The molecular formula is C15H23NO2. The van der Waals surface area contributed by atoms with Gasteiger partial charge in [0.1, 0.15) is 5.75 Å². The van der Waals surface area contributed by atoms with Crippen LogP contribution in [0.15, 0.2) is 24.3 Å². The van der Waals surface area contributed by atoms with Gasteiger partial charge in [0.15, 0.2) is 0 Å². The summed E-state index contributed by atoms with van der Waals surface area (Å²) in [6.45, 7) is 3.18. The fraction of sp³-hybridized carbons (Fsp3) is 0.600. The van der Waals surface area contributed by atoms with Gasteiger partial charge in [-0.1, -0.05) is 12.1 Å². The average Bonchev–Trinajstić information content (AvgIpc) is 2.76. The third-order valence-corrected chi connectivity index (χ3v) is 3.75. The van der Waals surface area contributed by atoms with E-state index in [0.29, 0.717) is 17.7 Å². The van der Waals surface area contributed by atoms with Gasteiger partial charge in [0.05, 0.1) is 6.10 Å². The monoisotopic (exact) mass is 249 g/mol. The van der Waals surface area contributed by atoms with Gasteiger partial charge >= 0.3 is 0 Å². The fourth-order valence-electron chi connectivity index (χ4n) is 2.66. The predicted octanol–water partition coefficient (Wildman–Crippen LogP) is 2.07. The molecule has 3 atom stereocenters. The summed E-state index contributed by atoms with van der Waals surface area (Å²) in [5, 5.41) is 22.2. The van der Waals surface area contributed by atoms with E-state index in [2.05, 4.69) is 12.2 Å². The number of phenolic OH excluding ortho intramolecular Hbond substituents is 1. The van der Waals surface area contributed by atoms with E-state index in [1.165, 1.54) is 5.56 Å². The van der Waals surface area contributed by atoms with Crippen molar-refractivity contribution >= 4 is 0 Å². The molecule has 1 aliphatic rings. The molecule has 0 bridgehead atoms. The Bertz CT molecular complexity index is 363. The van der Waals surface area contributed by atoms with E-state index in [9.17, 15) is 10.2 Å². The van der Waals surface area contributed by atoms with Crippen LogP contribution in [-0.4, -0.2) is 28.9 Å². The van der Waals surface area contributed by atoms with Crippen LogP contribution in [0.2, 0.25) is 0 Å². The Labute approximate surface area is 109 Å². The molecule has 1 aromatic rings. The zero-order chi connectivity index (χ0) is 13.0. The maximum Gasteiger partial charge on any atom is 0.115 e. The lowest BCUT2D eigenvalue weighted by Gasteiger charge is -2.17. The van der Waals surface area contributed by atoms with E-state index in [4.69, 9.17) is 0 Å². The Balaban J connectivity index is 1.71. The topological polar surface area (TPSA) is 52.5 Å². The van der Waals surface area contributed by atoms with Crippen molar-refractivity contribution in [3.8, 4) is 5.75 Å². The van der Waals surface area contributed by atoms with Crippen LogP contribution in [-0.2, 0) is 6.42 Å². The van der Waals surface area contributed by atoms with E-state index in [1.807, 2.05) is 12.1 Å². The van der Waals surface area contributed by atoms with Crippen molar-refractivity contribution in [2.75, 3.05) is 6.54 Å². The molecule has 0 aliphatic heterocycles. The van der Waals surface area contributed by atoms with Gasteiger partial charge in [-0.15, -0.1) is 0 Å². The molecule has 100 valence electrons. The highest BCUT2D eigenvalue weighted by atomic mass is 16.3. The molecular weight excluding hydrogens is 226 g/mol. The maximum absolute atomic E-state index is 9.47. The first-order chi connectivity index (χ1) is 8.63. The van der Waals surface area contributed by atoms with Crippen molar-refractivity contribution in [1.29, 1.82) is 0 Å². The number of benzene rings is 1. The second-order valence-corrected chi connectivity index (χ2v) is 5.51. The van der Waals surface area contributed by atoms with Crippen LogP contribution in [0.3, 0.4) is 0 Å². The summed E-state index contributed by atoms with van der Waals surface area (Å²) in [4.78, 5) is 0. The number of aliphatic hydroxyl groups excluding tert-OH is 1. The highest BCUT2D eigenvalue weighted by molar-refractivity contribution is 5.26. The Morgan fingerprint density at radius 2 is 2.00 bits per heavy atom. The number of nitrogens with one attached hydrogen (secondary N) is 1. The van der Waals surface area contributed by atoms with Crippen LogP contribution in [0.5, 0.6) is 5.75 Å². The number of aliphatic hydroxyl groups is 1. The zero-order valence-corrected chi connectivity index (χ0v) is 11.0. The van der Waals surface area contributed by atoms with E-state index < -0.39 is 0 Å². The van der Waals surface area contributed by atoms with Crippen LogP contribution >= 0.6 is 0 Å². The molecule has 1 aliphatic carbocycles. The van der Waals surface area contributed by atoms with Crippen molar-refractivity contribution in [1.82, 2.24) is 5.32 Å². The number of rotatable bonds is 5. The summed E-state index contributed by atoms with van der Waals surface area (Å²) in [5.74, 6) is 0.946. The van der Waals surface area contributed by atoms with Crippen molar-refractivity contribution in [2.45, 2.75) is 44.8 Å². The molecule has 3 nitrogen and oxygen atoms in total. The highest BCUT2D eigenvalue weighted by Gasteiger charge is 2.22. The largest absolute Gasteiger partial charge is 0.508 e. The third-order valence-electron chi connectivity index (χ3n) is 3.75. The summed E-state index contributed by atoms with van der Waals surface area (Å²) >= 11 is 0. The molecule has 0 radical (unpaired) electrons. The third kappa shape index (κ3) is 4.00. The van der Waals surface area contributed by atoms with Crippen LogP contribution in [0.4, 0.5) is 0 Å². The molecule has 3 heteroatoms. The summed E-state index contributed by atoms with van der Waals surface area (Å²) in [7, 11) is 0. The van der Waals surface area contributed by atoms with Crippen molar-refractivity contribution in [3.63, 3.8) is 0 Å². The molecule has 18 heavy (non-hydrogen) atoms. The quantitative estimate of drug-likeness (QED) is 0.749. The Kier molecular flexibility index (Phi) is 4.61. The standard InChI is InChI=1S/C15H23NO2/c1-11(8-12-2-5-14(17)6-3-12)16-10-13-4-7-15(18)9-13/h2-3,5-6,11,13,15-18H,4,7-10H2,1H3. The number of hydrogen-bond donors (Lipinski definition) is 3. The molecule has 2 rings (SSSR count). The maximum atomic E-state index is 9.47. The van der Waals surface area contributed by atoms with Gasteiger partial charge < -0.3 is 15.5 Å². The fourth-order valence-corrected chi connectivity index (χ4v) is 2.66. The first-order valence-electron chi connectivity index (χ1n) is 6.83. The number of phenols is 1. The summed E-state index contributed by atoms with van der Waals surface area (Å²) in [6.07, 6.45) is 3.93. The van der Waals surface area contributed by atoms with Crippen LogP contribution in [0, 0.1) is 5.92 Å². The normalized spacial score (nSPS) is 25.2. The van der Waals surface area contributed by atoms with Crippen LogP contribution < -0.4 is 5.32 Å². The van der Waals surface area contributed by atoms with Crippen molar-refractivity contribution in [3.05, 3.63) is 29.8 Å². The molecule has 0 heterocycles. The van der Waals surface area contributed by atoms with E-state index >= 15 is 0 Å². The Morgan fingerprint density at radius 3 is 2.61 bits per heavy atom. The minimum absolute atomic E-state index is 0.0794. The molecule has 1 fully saturated rings. The second-order valence-electron chi connectivity index (χ2n) is 5.51. The van der Waals surface area contributed by atoms with Gasteiger partial charge in [-0.3, -0.25) is 0 Å². The lowest BCUT2D eigenvalue weighted by molar-refractivity contribution is 0.177. The minimum Gasteiger partial charge on any atom is -0.508 e. The van der Waals surface area contributed by atoms with E-state index in [1.54, 1.807) is 12.1 Å². The average molecular weight is 249 g/mol. The molecule has 0 saturated heterocycles.